The number of benzene rings is 1. The molecule has 6 nitrogen and oxygen atoms in total. The monoisotopic (exact) mass is 256 g/mol. The molecule has 0 bridgehead atoms. The molecule has 0 unspecified atom stereocenters. The number of nitro groups is 1. The molecule has 0 saturated carbocycles. The standard InChI is InChI=1S/C13H12N4O2/c18-17(19)10-3-1-2-9(6-10)13-11-7-14-5-4-12(11)15-8-16-13/h1-3,6,8,14H,4-5,7H2. The zero-order valence-electron chi connectivity index (χ0n) is 10.2. The summed E-state index contributed by atoms with van der Waals surface area (Å²) in [6.07, 6.45) is 2.39. The van der Waals surface area contributed by atoms with Crippen LogP contribution in [0.15, 0.2) is 30.6 Å². The van der Waals surface area contributed by atoms with Gasteiger partial charge in [0, 0.05) is 42.8 Å². The zero-order chi connectivity index (χ0) is 13.2. The Hall–Kier alpha value is -2.34. The van der Waals surface area contributed by atoms with Gasteiger partial charge in [0.1, 0.15) is 6.33 Å². The van der Waals surface area contributed by atoms with Crippen LogP contribution in [0.25, 0.3) is 11.3 Å². The lowest BCUT2D eigenvalue weighted by Crippen LogP contribution is -2.25. The van der Waals surface area contributed by atoms with Crippen molar-refractivity contribution in [2.45, 2.75) is 13.0 Å². The van der Waals surface area contributed by atoms with E-state index in [-0.39, 0.29) is 5.69 Å². The van der Waals surface area contributed by atoms with Crippen molar-refractivity contribution in [2.24, 2.45) is 0 Å². The normalized spacial score (nSPS) is 13.9. The van der Waals surface area contributed by atoms with Crippen LogP contribution in [0.5, 0.6) is 0 Å². The van der Waals surface area contributed by atoms with E-state index in [0.717, 1.165) is 35.5 Å². The van der Waals surface area contributed by atoms with Crippen molar-refractivity contribution in [1.29, 1.82) is 0 Å². The highest BCUT2D eigenvalue weighted by atomic mass is 16.6. The number of nitrogens with zero attached hydrogens (tertiary/aromatic N) is 3. The van der Waals surface area contributed by atoms with Crippen LogP contribution in [-0.4, -0.2) is 21.4 Å². The number of nitro benzene ring substituents is 1. The van der Waals surface area contributed by atoms with E-state index in [1.807, 2.05) is 6.07 Å². The Labute approximate surface area is 109 Å². The van der Waals surface area contributed by atoms with Crippen molar-refractivity contribution in [3.63, 3.8) is 0 Å². The van der Waals surface area contributed by atoms with E-state index in [0.29, 0.717) is 6.54 Å². The third-order valence-corrected chi connectivity index (χ3v) is 3.21. The van der Waals surface area contributed by atoms with E-state index in [1.165, 1.54) is 12.4 Å². The largest absolute Gasteiger partial charge is 0.312 e. The summed E-state index contributed by atoms with van der Waals surface area (Å²) in [6, 6.07) is 6.55. The molecule has 0 atom stereocenters. The van der Waals surface area contributed by atoms with E-state index in [1.54, 1.807) is 12.1 Å². The molecule has 1 aliphatic heterocycles. The minimum Gasteiger partial charge on any atom is -0.312 e. The summed E-state index contributed by atoms with van der Waals surface area (Å²) in [7, 11) is 0. The summed E-state index contributed by atoms with van der Waals surface area (Å²) in [5.41, 5.74) is 3.68. The highest BCUT2D eigenvalue weighted by Crippen LogP contribution is 2.27. The van der Waals surface area contributed by atoms with E-state index < -0.39 is 4.92 Å². The van der Waals surface area contributed by atoms with E-state index in [9.17, 15) is 10.1 Å². The smallest absolute Gasteiger partial charge is 0.270 e. The summed E-state index contributed by atoms with van der Waals surface area (Å²) < 4.78 is 0. The van der Waals surface area contributed by atoms with Crippen LogP contribution in [-0.2, 0) is 13.0 Å². The third kappa shape index (κ3) is 2.17. The molecule has 96 valence electrons. The van der Waals surface area contributed by atoms with Gasteiger partial charge in [-0.2, -0.15) is 0 Å². The maximum absolute atomic E-state index is 10.8. The van der Waals surface area contributed by atoms with Gasteiger partial charge in [0.05, 0.1) is 16.3 Å². The molecule has 3 rings (SSSR count). The topological polar surface area (TPSA) is 81.0 Å². The number of hydrogen-bond donors (Lipinski definition) is 1. The van der Waals surface area contributed by atoms with Crippen LogP contribution in [0.3, 0.4) is 0 Å². The first-order valence-corrected chi connectivity index (χ1v) is 6.04. The fourth-order valence-electron chi connectivity index (χ4n) is 2.29. The minimum absolute atomic E-state index is 0.0774. The predicted octanol–water partition coefficient (Wildman–Crippen LogP) is 1.70. The average molecular weight is 256 g/mol. The van der Waals surface area contributed by atoms with Gasteiger partial charge in [-0.15, -0.1) is 0 Å². The maximum atomic E-state index is 10.8. The lowest BCUT2D eigenvalue weighted by molar-refractivity contribution is -0.384. The van der Waals surface area contributed by atoms with Crippen LogP contribution < -0.4 is 5.32 Å². The Morgan fingerprint density at radius 3 is 3.05 bits per heavy atom. The first kappa shape index (κ1) is 11.7. The first-order chi connectivity index (χ1) is 9.25. The molecular formula is C13H12N4O2. The molecule has 2 aromatic rings. The fraction of sp³-hybridized carbons (Fsp3) is 0.231. The van der Waals surface area contributed by atoms with Gasteiger partial charge in [-0.1, -0.05) is 12.1 Å². The Kier molecular flexibility index (Phi) is 2.92. The summed E-state index contributed by atoms with van der Waals surface area (Å²) in [5, 5.41) is 14.1. The molecular weight excluding hydrogens is 244 g/mol. The van der Waals surface area contributed by atoms with Gasteiger partial charge < -0.3 is 5.32 Å². The first-order valence-electron chi connectivity index (χ1n) is 6.04. The quantitative estimate of drug-likeness (QED) is 0.653. The number of nitrogens with one attached hydrogen (secondary N) is 1. The van der Waals surface area contributed by atoms with Crippen molar-refractivity contribution >= 4 is 5.69 Å². The lowest BCUT2D eigenvalue weighted by Gasteiger charge is -2.18. The van der Waals surface area contributed by atoms with Crippen LogP contribution in [0.2, 0.25) is 0 Å². The van der Waals surface area contributed by atoms with E-state index in [4.69, 9.17) is 0 Å². The highest BCUT2D eigenvalue weighted by Gasteiger charge is 2.17. The van der Waals surface area contributed by atoms with Gasteiger partial charge in [0.15, 0.2) is 0 Å². The van der Waals surface area contributed by atoms with Crippen LogP contribution in [0, 0.1) is 10.1 Å². The molecule has 1 aromatic carbocycles. The van der Waals surface area contributed by atoms with Crippen molar-refractivity contribution in [1.82, 2.24) is 15.3 Å². The van der Waals surface area contributed by atoms with Crippen molar-refractivity contribution in [3.05, 3.63) is 52.0 Å². The zero-order valence-corrected chi connectivity index (χ0v) is 10.2. The van der Waals surface area contributed by atoms with Gasteiger partial charge in [0.25, 0.3) is 5.69 Å². The fourth-order valence-corrected chi connectivity index (χ4v) is 2.29. The third-order valence-electron chi connectivity index (χ3n) is 3.21. The van der Waals surface area contributed by atoms with Gasteiger partial charge in [-0.05, 0) is 0 Å². The van der Waals surface area contributed by atoms with Gasteiger partial charge in [-0.3, -0.25) is 10.1 Å². The molecule has 0 amide bonds. The second-order valence-electron chi connectivity index (χ2n) is 4.38. The Morgan fingerprint density at radius 1 is 1.32 bits per heavy atom. The van der Waals surface area contributed by atoms with Crippen molar-refractivity contribution in [3.8, 4) is 11.3 Å². The summed E-state index contributed by atoms with van der Waals surface area (Å²) in [5.74, 6) is 0. The number of non-ortho nitro benzene ring substituents is 1. The molecule has 0 aliphatic carbocycles. The van der Waals surface area contributed by atoms with Crippen molar-refractivity contribution < 1.29 is 4.92 Å². The summed E-state index contributed by atoms with van der Waals surface area (Å²) in [6.45, 7) is 1.60. The molecule has 1 aromatic heterocycles. The van der Waals surface area contributed by atoms with Gasteiger partial charge >= 0.3 is 0 Å². The van der Waals surface area contributed by atoms with Crippen molar-refractivity contribution in [2.75, 3.05) is 6.54 Å². The maximum Gasteiger partial charge on any atom is 0.270 e. The molecule has 0 fully saturated rings. The molecule has 2 heterocycles. The second-order valence-corrected chi connectivity index (χ2v) is 4.38. The molecule has 0 spiro atoms. The molecule has 0 saturated heterocycles. The SMILES string of the molecule is O=[N+]([O-])c1cccc(-c2ncnc3c2CNCC3)c1. The Bertz CT molecular complexity index is 642. The number of aromatic nitrogens is 2. The second kappa shape index (κ2) is 4.74. The minimum atomic E-state index is -0.393. The van der Waals surface area contributed by atoms with Crippen LogP contribution in [0.4, 0.5) is 5.69 Å². The summed E-state index contributed by atoms with van der Waals surface area (Å²) in [4.78, 5) is 19.0. The number of rotatable bonds is 2. The molecule has 1 N–H and O–H groups in total. The van der Waals surface area contributed by atoms with E-state index in [2.05, 4.69) is 15.3 Å². The molecule has 1 aliphatic rings. The Balaban J connectivity index is 2.12. The van der Waals surface area contributed by atoms with E-state index >= 15 is 0 Å². The lowest BCUT2D eigenvalue weighted by atomic mass is 10.0. The number of fused-ring (bicyclic) bond motifs is 1. The highest BCUT2D eigenvalue weighted by molar-refractivity contribution is 5.66. The van der Waals surface area contributed by atoms with Gasteiger partial charge in [0.2, 0.25) is 0 Å². The van der Waals surface area contributed by atoms with Crippen LogP contribution in [0.1, 0.15) is 11.3 Å². The average Bonchev–Trinajstić information content (AvgIpc) is 2.47. The Morgan fingerprint density at radius 2 is 2.21 bits per heavy atom. The molecule has 6 heteroatoms. The molecule has 0 radical (unpaired) electrons. The van der Waals surface area contributed by atoms with Crippen LogP contribution >= 0.6 is 0 Å². The predicted molar refractivity (Wildman–Crippen MR) is 69.5 cm³/mol. The molecule has 19 heavy (non-hydrogen) atoms. The van der Waals surface area contributed by atoms with Gasteiger partial charge in [-0.25, -0.2) is 9.97 Å². The number of hydrogen-bond acceptors (Lipinski definition) is 5. The summed E-state index contributed by atoms with van der Waals surface area (Å²) >= 11 is 0.